The van der Waals surface area contributed by atoms with Gasteiger partial charge < -0.3 is 20.1 Å². The summed E-state index contributed by atoms with van der Waals surface area (Å²) in [7, 11) is 0. The van der Waals surface area contributed by atoms with Gasteiger partial charge in [0.1, 0.15) is 11.4 Å². The molecule has 0 atom stereocenters. The van der Waals surface area contributed by atoms with Gasteiger partial charge in [0.2, 0.25) is 17.6 Å². The molecule has 0 bridgehead atoms. The van der Waals surface area contributed by atoms with Crippen LogP contribution in [0.25, 0.3) is 11.4 Å². The summed E-state index contributed by atoms with van der Waals surface area (Å²) in [5, 5.41) is 21.6. The number of carbonyl (C=O) groups is 2. The number of carbonyl (C=O) groups excluding carboxylic acids is 2. The molecule has 0 saturated carbocycles. The van der Waals surface area contributed by atoms with Crippen LogP contribution in [-0.4, -0.2) is 63.1 Å². The Balaban J connectivity index is 1.68. The second-order valence-corrected chi connectivity index (χ2v) is 10.3. The first-order valence-corrected chi connectivity index (χ1v) is 12.5. The zero-order valence-corrected chi connectivity index (χ0v) is 22.9. The van der Waals surface area contributed by atoms with Crippen molar-refractivity contribution in [3.05, 3.63) is 42.2 Å². The number of rotatable bonds is 15. The van der Waals surface area contributed by atoms with Gasteiger partial charge in [-0.25, -0.2) is 0 Å². The van der Waals surface area contributed by atoms with E-state index < -0.39 is 11.2 Å². The summed E-state index contributed by atoms with van der Waals surface area (Å²) >= 11 is 0. The Morgan fingerprint density at radius 2 is 1.54 bits per heavy atom. The van der Waals surface area contributed by atoms with Crippen LogP contribution in [0.5, 0.6) is 5.75 Å². The molecule has 0 spiro atoms. The fourth-order valence-electron chi connectivity index (χ4n) is 3.25. The SMILES string of the molecule is C=C(C)C(=O)NCCCNC(=O)CCC(C)(C)OCCC(C)(C)Oc1ccc(-c2nnc(C)nn2)cc1. The van der Waals surface area contributed by atoms with Gasteiger partial charge in [0.05, 0.1) is 12.2 Å². The van der Waals surface area contributed by atoms with Crippen molar-refractivity contribution < 1.29 is 19.1 Å². The quantitative estimate of drug-likeness (QED) is 0.274. The topological polar surface area (TPSA) is 128 Å². The molecule has 37 heavy (non-hydrogen) atoms. The molecule has 1 aromatic carbocycles. The van der Waals surface area contributed by atoms with Gasteiger partial charge in [-0.15, -0.1) is 20.4 Å². The van der Waals surface area contributed by atoms with Crippen molar-refractivity contribution in [2.75, 3.05) is 19.7 Å². The fourth-order valence-corrected chi connectivity index (χ4v) is 3.25. The molecule has 2 aromatic rings. The predicted octanol–water partition coefficient (Wildman–Crippen LogP) is 3.56. The molecule has 2 rings (SSSR count). The first-order chi connectivity index (χ1) is 17.4. The molecule has 2 N–H and O–H groups in total. The van der Waals surface area contributed by atoms with Crippen LogP contribution in [0.1, 0.15) is 66.1 Å². The second kappa shape index (κ2) is 13.8. The molecule has 1 aromatic heterocycles. The highest BCUT2D eigenvalue weighted by atomic mass is 16.5. The minimum Gasteiger partial charge on any atom is -0.488 e. The highest BCUT2D eigenvalue weighted by Crippen LogP contribution is 2.25. The van der Waals surface area contributed by atoms with E-state index in [1.165, 1.54) is 0 Å². The zero-order valence-electron chi connectivity index (χ0n) is 22.9. The summed E-state index contributed by atoms with van der Waals surface area (Å²) in [5.41, 5.74) is 0.396. The van der Waals surface area contributed by atoms with Crippen molar-refractivity contribution in [2.45, 2.75) is 78.4 Å². The van der Waals surface area contributed by atoms with Gasteiger partial charge in [0, 0.05) is 37.1 Å². The van der Waals surface area contributed by atoms with Crippen LogP contribution in [0.3, 0.4) is 0 Å². The number of nitrogens with one attached hydrogen (secondary N) is 2. The molecule has 10 heteroatoms. The maximum atomic E-state index is 12.2. The van der Waals surface area contributed by atoms with E-state index in [0.29, 0.717) is 62.6 Å². The number of hydrogen-bond acceptors (Lipinski definition) is 8. The first kappa shape index (κ1) is 29.8. The van der Waals surface area contributed by atoms with Crippen molar-refractivity contribution in [1.29, 1.82) is 0 Å². The average molecular weight is 513 g/mol. The Morgan fingerprint density at radius 3 is 2.16 bits per heavy atom. The van der Waals surface area contributed by atoms with Crippen LogP contribution in [-0.2, 0) is 14.3 Å². The van der Waals surface area contributed by atoms with Crippen LogP contribution in [0.2, 0.25) is 0 Å². The minimum absolute atomic E-state index is 0.0300. The molecule has 0 fully saturated rings. The lowest BCUT2D eigenvalue weighted by Crippen LogP contribution is -2.34. The number of aryl methyl sites for hydroxylation is 1. The molecule has 0 aliphatic heterocycles. The number of aromatic nitrogens is 4. The minimum atomic E-state index is -0.446. The number of ether oxygens (including phenoxy) is 2. The Labute approximate surface area is 219 Å². The lowest BCUT2D eigenvalue weighted by Gasteiger charge is -2.30. The molecule has 0 aliphatic rings. The van der Waals surface area contributed by atoms with Crippen molar-refractivity contribution in [3.8, 4) is 17.1 Å². The molecule has 2 amide bonds. The van der Waals surface area contributed by atoms with Gasteiger partial charge >= 0.3 is 0 Å². The van der Waals surface area contributed by atoms with E-state index in [-0.39, 0.29) is 11.8 Å². The summed E-state index contributed by atoms with van der Waals surface area (Å²) in [4.78, 5) is 23.6. The summed E-state index contributed by atoms with van der Waals surface area (Å²) < 4.78 is 12.3. The van der Waals surface area contributed by atoms with Crippen LogP contribution in [0.15, 0.2) is 36.4 Å². The van der Waals surface area contributed by atoms with E-state index in [1.807, 2.05) is 52.0 Å². The van der Waals surface area contributed by atoms with E-state index in [0.717, 1.165) is 11.3 Å². The van der Waals surface area contributed by atoms with Crippen molar-refractivity contribution in [3.63, 3.8) is 0 Å². The van der Waals surface area contributed by atoms with Crippen LogP contribution in [0.4, 0.5) is 0 Å². The summed E-state index contributed by atoms with van der Waals surface area (Å²) in [6, 6.07) is 7.50. The molecule has 0 unspecified atom stereocenters. The average Bonchev–Trinajstić information content (AvgIpc) is 2.83. The van der Waals surface area contributed by atoms with Crippen molar-refractivity contribution in [1.82, 2.24) is 31.0 Å². The molecule has 0 aliphatic carbocycles. The van der Waals surface area contributed by atoms with Crippen LogP contribution >= 0.6 is 0 Å². The summed E-state index contributed by atoms with van der Waals surface area (Å²) in [6.07, 6.45) is 2.30. The second-order valence-electron chi connectivity index (χ2n) is 10.3. The highest BCUT2D eigenvalue weighted by molar-refractivity contribution is 5.92. The van der Waals surface area contributed by atoms with Gasteiger partial charge in [-0.1, -0.05) is 6.58 Å². The third-order valence-electron chi connectivity index (χ3n) is 5.59. The molecular formula is C27H40N6O4. The maximum absolute atomic E-state index is 12.2. The van der Waals surface area contributed by atoms with Gasteiger partial charge in [0.25, 0.3) is 0 Å². The number of nitrogens with zero attached hydrogens (tertiary/aromatic N) is 4. The van der Waals surface area contributed by atoms with Gasteiger partial charge in [-0.05, 0) is 78.6 Å². The lowest BCUT2D eigenvalue weighted by atomic mass is 10.0. The van der Waals surface area contributed by atoms with Crippen molar-refractivity contribution >= 4 is 11.8 Å². The number of amides is 2. The lowest BCUT2D eigenvalue weighted by molar-refractivity contribution is -0.123. The molecule has 1 heterocycles. The molecule has 0 radical (unpaired) electrons. The Kier molecular flexibility index (Phi) is 11.1. The van der Waals surface area contributed by atoms with Gasteiger partial charge in [-0.3, -0.25) is 9.59 Å². The summed E-state index contributed by atoms with van der Waals surface area (Å²) in [6.45, 7) is 16.5. The monoisotopic (exact) mass is 512 g/mol. The number of hydrogen-bond donors (Lipinski definition) is 2. The molecule has 202 valence electrons. The van der Waals surface area contributed by atoms with Gasteiger partial charge in [0.15, 0.2) is 5.82 Å². The molecular weight excluding hydrogens is 472 g/mol. The zero-order chi connectivity index (χ0) is 27.5. The standard InChI is InChI=1S/C27H40N6O4/c1-19(2)25(35)29-17-8-16-28-23(34)13-14-26(4,5)36-18-15-27(6,7)37-22-11-9-21(10-12-22)24-32-30-20(3)31-33-24/h9-12H,1,8,13-18H2,2-7H3,(H,28,34)(H,29,35). The van der Waals surface area contributed by atoms with Crippen molar-refractivity contribution in [2.24, 2.45) is 0 Å². The van der Waals surface area contributed by atoms with E-state index in [2.05, 4.69) is 37.6 Å². The molecule has 10 nitrogen and oxygen atoms in total. The smallest absolute Gasteiger partial charge is 0.246 e. The maximum Gasteiger partial charge on any atom is 0.246 e. The highest BCUT2D eigenvalue weighted by Gasteiger charge is 2.24. The third kappa shape index (κ3) is 11.5. The Hall–Kier alpha value is -3.40. The van der Waals surface area contributed by atoms with E-state index in [1.54, 1.807) is 13.8 Å². The predicted molar refractivity (Wildman–Crippen MR) is 142 cm³/mol. The van der Waals surface area contributed by atoms with Crippen LogP contribution in [0, 0.1) is 6.92 Å². The first-order valence-electron chi connectivity index (χ1n) is 12.5. The number of benzene rings is 1. The fraction of sp³-hybridized carbons (Fsp3) is 0.556. The van der Waals surface area contributed by atoms with E-state index in [9.17, 15) is 9.59 Å². The third-order valence-corrected chi connectivity index (χ3v) is 5.59. The normalized spacial score (nSPS) is 11.6. The van der Waals surface area contributed by atoms with Crippen LogP contribution < -0.4 is 15.4 Å². The van der Waals surface area contributed by atoms with E-state index >= 15 is 0 Å². The van der Waals surface area contributed by atoms with E-state index in [4.69, 9.17) is 9.47 Å². The largest absolute Gasteiger partial charge is 0.488 e. The molecule has 0 saturated heterocycles. The Bertz CT molecular complexity index is 1040. The Morgan fingerprint density at radius 1 is 0.919 bits per heavy atom. The van der Waals surface area contributed by atoms with Gasteiger partial charge in [-0.2, -0.15) is 0 Å². The summed E-state index contributed by atoms with van der Waals surface area (Å²) in [5.74, 6) is 1.53.